The van der Waals surface area contributed by atoms with Gasteiger partial charge in [0, 0.05) is 10.2 Å². The summed E-state index contributed by atoms with van der Waals surface area (Å²) >= 11 is 3.21. The van der Waals surface area contributed by atoms with E-state index in [2.05, 4.69) is 15.9 Å². The van der Waals surface area contributed by atoms with Gasteiger partial charge in [-0.25, -0.2) is 9.59 Å². The highest BCUT2D eigenvalue weighted by molar-refractivity contribution is 9.10. The van der Waals surface area contributed by atoms with E-state index in [1.807, 2.05) is 0 Å². The first-order valence-electron chi connectivity index (χ1n) is 4.82. The van der Waals surface area contributed by atoms with Gasteiger partial charge in [0.05, 0.1) is 5.56 Å². The lowest BCUT2D eigenvalue weighted by molar-refractivity contribution is -0.146. The maximum atomic E-state index is 11.7. The fraction of sp³-hybridized carbons (Fsp3) is 0.273. The van der Waals surface area contributed by atoms with Crippen LogP contribution in [0.5, 0.6) is 0 Å². The lowest BCUT2D eigenvalue weighted by Gasteiger charge is -2.12. The Balaban J connectivity index is 3.01. The van der Waals surface area contributed by atoms with Crippen molar-refractivity contribution in [1.82, 2.24) is 0 Å². The molecule has 0 spiro atoms. The Morgan fingerprint density at radius 2 is 2.06 bits per heavy atom. The second-order valence-electron chi connectivity index (χ2n) is 3.55. The van der Waals surface area contributed by atoms with Gasteiger partial charge in [-0.1, -0.05) is 15.9 Å². The van der Waals surface area contributed by atoms with Crippen LogP contribution in [-0.2, 0) is 9.53 Å². The number of carbonyl (C=O) groups is 2. The number of rotatable bonds is 3. The number of hydrogen-bond acceptors (Lipinski definition) is 4. The van der Waals surface area contributed by atoms with Crippen LogP contribution in [0.15, 0.2) is 16.6 Å². The van der Waals surface area contributed by atoms with Crippen LogP contribution >= 0.6 is 15.9 Å². The molecule has 3 N–H and O–H groups in total. The molecule has 92 valence electrons. The van der Waals surface area contributed by atoms with E-state index in [4.69, 9.17) is 15.6 Å². The molecule has 0 aromatic heterocycles. The molecule has 0 amide bonds. The van der Waals surface area contributed by atoms with E-state index in [0.717, 1.165) is 0 Å². The highest BCUT2D eigenvalue weighted by atomic mass is 79.9. The fourth-order valence-corrected chi connectivity index (χ4v) is 1.66. The highest BCUT2D eigenvalue weighted by Gasteiger charge is 2.20. The van der Waals surface area contributed by atoms with Crippen molar-refractivity contribution in [3.8, 4) is 0 Å². The van der Waals surface area contributed by atoms with Crippen molar-refractivity contribution in [1.29, 1.82) is 0 Å². The summed E-state index contributed by atoms with van der Waals surface area (Å²) in [4.78, 5) is 22.3. The van der Waals surface area contributed by atoms with Crippen molar-refractivity contribution < 1.29 is 19.4 Å². The van der Waals surface area contributed by atoms with E-state index in [1.54, 1.807) is 19.1 Å². The van der Waals surface area contributed by atoms with Crippen molar-refractivity contribution in [2.24, 2.45) is 0 Å². The zero-order valence-corrected chi connectivity index (χ0v) is 10.9. The molecule has 1 unspecified atom stereocenters. The van der Waals surface area contributed by atoms with E-state index >= 15 is 0 Å². The molecule has 5 nitrogen and oxygen atoms in total. The maximum absolute atomic E-state index is 11.7. The number of nitrogen functional groups attached to an aromatic ring is 1. The molecule has 0 bridgehead atoms. The molecule has 0 aliphatic heterocycles. The Morgan fingerprint density at radius 1 is 1.47 bits per heavy atom. The summed E-state index contributed by atoms with van der Waals surface area (Å²) < 4.78 is 5.41. The minimum Gasteiger partial charge on any atom is -0.479 e. The first-order chi connectivity index (χ1) is 7.82. The second kappa shape index (κ2) is 5.18. The lowest BCUT2D eigenvalue weighted by atomic mass is 10.1. The number of aliphatic carboxylic acids is 1. The van der Waals surface area contributed by atoms with Gasteiger partial charge in [-0.15, -0.1) is 0 Å². The Labute approximate surface area is 107 Å². The first kappa shape index (κ1) is 13.5. The SMILES string of the molecule is Cc1c(N)cc(Br)cc1C(=O)OC(C)C(=O)O. The number of anilines is 1. The Hall–Kier alpha value is -1.56. The second-order valence-corrected chi connectivity index (χ2v) is 4.47. The zero-order chi connectivity index (χ0) is 13.2. The van der Waals surface area contributed by atoms with Gasteiger partial charge in [-0.05, 0) is 31.5 Å². The molecule has 1 atom stereocenters. The third-order valence-electron chi connectivity index (χ3n) is 2.26. The zero-order valence-electron chi connectivity index (χ0n) is 9.36. The predicted octanol–water partition coefficient (Wildman–Crippen LogP) is 1.97. The molecule has 0 aliphatic rings. The number of ether oxygens (including phenoxy) is 1. The number of hydrogen-bond donors (Lipinski definition) is 2. The summed E-state index contributed by atoms with van der Waals surface area (Å²) in [6.45, 7) is 2.96. The van der Waals surface area contributed by atoms with E-state index in [0.29, 0.717) is 15.7 Å². The van der Waals surface area contributed by atoms with Crippen LogP contribution in [-0.4, -0.2) is 23.1 Å². The topological polar surface area (TPSA) is 89.6 Å². The van der Waals surface area contributed by atoms with Gasteiger partial charge in [-0.3, -0.25) is 0 Å². The molecule has 0 aliphatic carbocycles. The van der Waals surface area contributed by atoms with Gasteiger partial charge in [-0.2, -0.15) is 0 Å². The van der Waals surface area contributed by atoms with Crippen LogP contribution in [0.25, 0.3) is 0 Å². The first-order valence-corrected chi connectivity index (χ1v) is 5.61. The molecule has 1 aromatic rings. The summed E-state index contributed by atoms with van der Waals surface area (Å²) in [7, 11) is 0. The lowest BCUT2D eigenvalue weighted by Crippen LogP contribution is -2.24. The molecular weight excluding hydrogens is 290 g/mol. The number of halogens is 1. The van der Waals surface area contributed by atoms with Crippen LogP contribution in [0.4, 0.5) is 5.69 Å². The maximum Gasteiger partial charge on any atom is 0.344 e. The predicted molar refractivity (Wildman–Crippen MR) is 65.8 cm³/mol. The van der Waals surface area contributed by atoms with Gasteiger partial charge in [0.1, 0.15) is 0 Å². The van der Waals surface area contributed by atoms with Crippen molar-refractivity contribution >= 4 is 33.6 Å². The number of nitrogens with two attached hydrogens (primary N) is 1. The smallest absolute Gasteiger partial charge is 0.344 e. The highest BCUT2D eigenvalue weighted by Crippen LogP contribution is 2.23. The van der Waals surface area contributed by atoms with Crippen molar-refractivity contribution in [2.75, 3.05) is 5.73 Å². The van der Waals surface area contributed by atoms with Crippen LogP contribution in [0.1, 0.15) is 22.8 Å². The largest absolute Gasteiger partial charge is 0.479 e. The quantitative estimate of drug-likeness (QED) is 0.658. The Morgan fingerprint density at radius 3 is 2.59 bits per heavy atom. The molecule has 0 saturated heterocycles. The van der Waals surface area contributed by atoms with Crippen molar-refractivity contribution in [2.45, 2.75) is 20.0 Å². The fourth-order valence-electron chi connectivity index (χ4n) is 1.19. The summed E-state index contributed by atoms with van der Waals surface area (Å²) in [6, 6.07) is 3.20. The molecule has 17 heavy (non-hydrogen) atoms. The van der Waals surface area contributed by atoms with E-state index in [1.165, 1.54) is 6.92 Å². The van der Waals surface area contributed by atoms with Crippen LogP contribution in [0.2, 0.25) is 0 Å². The molecule has 0 fully saturated rings. The van der Waals surface area contributed by atoms with Gasteiger partial charge in [0.15, 0.2) is 6.10 Å². The van der Waals surface area contributed by atoms with E-state index < -0.39 is 18.0 Å². The molecular formula is C11H12BrNO4. The third kappa shape index (κ3) is 3.20. The molecule has 1 rings (SSSR count). The third-order valence-corrected chi connectivity index (χ3v) is 2.72. The van der Waals surface area contributed by atoms with Crippen molar-refractivity contribution in [3.05, 3.63) is 27.7 Å². The molecule has 0 heterocycles. The van der Waals surface area contributed by atoms with E-state index in [9.17, 15) is 9.59 Å². The number of benzene rings is 1. The van der Waals surface area contributed by atoms with Crippen LogP contribution in [0, 0.1) is 6.92 Å². The summed E-state index contributed by atoms with van der Waals surface area (Å²) in [5.74, 6) is -1.90. The average molecular weight is 302 g/mol. The number of esters is 1. The molecule has 0 saturated carbocycles. The van der Waals surface area contributed by atoms with Gasteiger partial charge >= 0.3 is 11.9 Å². The summed E-state index contributed by atoms with van der Waals surface area (Å²) in [5, 5.41) is 8.65. The average Bonchev–Trinajstić information content (AvgIpc) is 2.22. The van der Waals surface area contributed by atoms with Crippen molar-refractivity contribution in [3.63, 3.8) is 0 Å². The summed E-state index contributed by atoms with van der Waals surface area (Å²) in [5.41, 5.74) is 6.96. The minimum atomic E-state index is -1.20. The van der Waals surface area contributed by atoms with E-state index in [-0.39, 0.29) is 5.56 Å². The normalized spacial score (nSPS) is 11.9. The number of carboxylic acids is 1. The Bertz CT molecular complexity index is 473. The minimum absolute atomic E-state index is 0.255. The monoisotopic (exact) mass is 301 g/mol. The van der Waals surface area contributed by atoms with Crippen LogP contribution in [0.3, 0.4) is 0 Å². The standard InChI is InChI=1S/C11H12BrNO4/c1-5-8(3-7(12)4-9(5)13)11(16)17-6(2)10(14)15/h3-4,6H,13H2,1-2H3,(H,14,15). The number of carboxylic acid groups (broad SMARTS) is 1. The van der Waals surface area contributed by atoms with Gasteiger partial charge in [0.2, 0.25) is 0 Å². The van der Waals surface area contributed by atoms with Crippen LogP contribution < -0.4 is 5.73 Å². The Kier molecular flexibility index (Phi) is 4.11. The molecule has 6 heteroatoms. The summed E-state index contributed by atoms with van der Waals surface area (Å²) in [6.07, 6.45) is -1.19. The van der Waals surface area contributed by atoms with Gasteiger partial charge < -0.3 is 15.6 Å². The molecule has 1 aromatic carbocycles. The number of carbonyl (C=O) groups excluding carboxylic acids is 1. The van der Waals surface area contributed by atoms with Gasteiger partial charge in [0.25, 0.3) is 0 Å². The molecule has 0 radical (unpaired) electrons.